The molecule has 0 spiro atoms. The highest BCUT2D eigenvalue weighted by molar-refractivity contribution is 5.24. The molecule has 2 aromatic carbocycles. The third-order valence-corrected chi connectivity index (χ3v) is 3.26. The average molecular weight is 270 g/mol. The second kappa shape index (κ2) is 7.71. The van der Waals surface area contributed by atoms with Crippen LogP contribution in [-0.4, -0.2) is 13.7 Å². The molecule has 2 rings (SSSR count). The minimum Gasteiger partial charge on any atom is -0.486 e. The van der Waals surface area contributed by atoms with Gasteiger partial charge in [-0.3, -0.25) is 0 Å². The Morgan fingerprint density at radius 2 is 1.50 bits per heavy atom. The summed E-state index contributed by atoms with van der Waals surface area (Å²) in [5, 5.41) is 0. The maximum Gasteiger partial charge on any atom is 0.124 e. The first-order valence-electron chi connectivity index (χ1n) is 7.05. The van der Waals surface area contributed by atoms with Crippen molar-refractivity contribution >= 4 is 0 Å². The number of hydrogen-bond acceptors (Lipinski definition) is 2. The predicted octanol–water partition coefficient (Wildman–Crippen LogP) is 4.48. The first-order chi connectivity index (χ1) is 9.79. The van der Waals surface area contributed by atoms with E-state index < -0.39 is 0 Å². The number of rotatable bonds is 7. The monoisotopic (exact) mass is 270 g/mol. The van der Waals surface area contributed by atoms with Crippen molar-refractivity contribution < 1.29 is 9.47 Å². The molecule has 0 aliphatic carbocycles. The lowest BCUT2D eigenvalue weighted by Crippen LogP contribution is -2.14. The van der Waals surface area contributed by atoms with E-state index in [2.05, 4.69) is 31.2 Å². The first-order valence-corrected chi connectivity index (χ1v) is 7.05. The molecule has 0 aliphatic rings. The quantitative estimate of drug-likeness (QED) is 0.738. The molecule has 2 aromatic rings. The zero-order valence-corrected chi connectivity index (χ0v) is 12.2. The van der Waals surface area contributed by atoms with E-state index in [1.165, 1.54) is 5.56 Å². The van der Waals surface area contributed by atoms with Crippen molar-refractivity contribution in [1.82, 2.24) is 0 Å². The van der Waals surface area contributed by atoms with Gasteiger partial charge < -0.3 is 9.47 Å². The summed E-state index contributed by atoms with van der Waals surface area (Å²) >= 11 is 0. The van der Waals surface area contributed by atoms with Crippen LogP contribution in [0, 0.1) is 5.92 Å². The molecule has 2 heteroatoms. The molecule has 0 saturated heterocycles. The molecule has 0 amide bonds. The van der Waals surface area contributed by atoms with Crippen LogP contribution in [0.15, 0.2) is 60.7 Å². The van der Waals surface area contributed by atoms with Gasteiger partial charge in [0.15, 0.2) is 0 Å². The highest BCUT2D eigenvalue weighted by Gasteiger charge is 2.17. The Hall–Kier alpha value is -1.80. The van der Waals surface area contributed by atoms with E-state index in [9.17, 15) is 0 Å². The van der Waals surface area contributed by atoms with Gasteiger partial charge in [-0.1, -0.05) is 55.5 Å². The molecule has 2 atom stereocenters. The molecule has 2 nitrogen and oxygen atoms in total. The highest BCUT2D eigenvalue weighted by atomic mass is 16.5. The van der Waals surface area contributed by atoms with Crippen LogP contribution in [0.5, 0.6) is 5.75 Å². The number of methoxy groups -OCH3 is 1. The molecule has 0 heterocycles. The Balaban J connectivity index is 2.12. The fraction of sp³-hybridized carbons (Fsp3) is 0.333. The van der Waals surface area contributed by atoms with Gasteiger partial charge in [-0.15, -0.1) is 0 Å². The van der Waals surface area contributed by atoms with Gasteiger partial charge in [0.2, 0.25) is 0 Å². The van der Waals surface area contributed by atoms with Crippen LogP contribution in [0.4, 0.5) is 0 Å². The third-order valence-electron chi connectivity index (χ3n) is 3.26. The van der Waals surface area contributed by atoms with Gasteiger partial charge in [0.05, 0.1) is 0 Å². The van der Waals surface area contributed by atoms with Crippen LogP contribution in [0.1, 0.15) is 25.0 Å². The Labute approximate surface area is 121 Å². The number of benzene rings is 2. The van der Waals surface area contributed by atoms with Crippen LogP contribution in [0.25, 0.3) is 0 Å². The fourth-order valence-electron chi connectivity index (χ4n) is 2.30. The van der Waals surface area contributed by atoms with E-state index in [4.69, 9.17) is 9.47 Å². The van der Waals surface area contributed by atoms with Gasteiger partial charge in [0, 0.05) is 13.7 Å². The Morgan fingerprint density at radius 1 is 0.900 bits per heavy atom. The summed E-state index contributed by atoms with van der Waals surface area (Å²) in [4.78, 5) is 0. The van der Waals surface area contributed by atoms with E-state index in [0.29, 0.717) is 5.92 Å². The van der Waals surface area contributed by atoms with Crippen molar-refractivity contribution in [3.63, 3.8) is 0 Å². The van der Waals surface area contributed by atoms with E-state index in [1.54, 1.807) is 7.11 Å². The van der Waals surface area contributed by atoms with Crippen molar-refractivity contribution in [3.8, 4) is 5.75 Å². The van der Waals surface area contributed by atoms with Crippen molar-refractivity contribution in [1.29, 1.82) is 0 Å². The van der Waals surface area contributed by atoms with Crippen molar-refractivity contribution in [2.45, 2.75) is 19.4 Å². The molecule has 0 fully saturated rings. The largest absolute Gasteiger partial charge is 0.486 e. The van der Waals surface area contributed by atoms with Gasteiger partial charge in [-0.2, -0.15) is 0 Å². The highest BCUT2D eigenvalue weighted by Crippen LogP contribution is 2.27. The van der Waals surface area contributed by atoms with Crippen LogP contribution in [0.2, 0.25) is 0 Å². The summed E-state index contributed by atoms with van der Waals surface area (Å²) in [6.45, 7) is 2.94. The number of para-hydroxylation sites is 1. The second-order valence-electron chi connectivity index (χ2n) is 5.13. The zero-order valence-electron chi connectivity index (χ0n) is 12.2. The summed E-state index contributed by atoms with van der Waals surface area (Å²) < 4.78 is 11.4. The lowest BCUT2D eigenvalue weighted by atomic mass is 9.98. The molecule has 0 radical (unpaired) electrons. The number of hydrogen-bond donors (Lipinski definition) is 0. The van der Waals surface area contributed by atoms with E-state index in [0.717, 1.165) is 18.8 Å². The summed E-state index contributed by atoms with van der Waals surface area (Å²) in [5.41, 5.74) is 1.21. The Morgan fingerprint density at radius 3 is 2.10 bits per heavy atom. The minimum absolute atomic E-state index is 0.0590. The van der Waals surface area contributed by atoms with Crippen molar-refractivity contribution in [3.05, 3.63) is 66.2 Å². The van der Waals surface area contributed by atoms with Gasteiger partial charge in [-0.25, -0.2) is 0 Å². The summed E-state index contributed by atoms with van der Waals surface area (Å²) in [7, 11) is 1.74. The molecule has 20 heavy (non-hydrogen) atoms. The molecule has 0 aliphatic heterocycles. The molecule has 0 N–H and O–H groups in total. The Kier molecular flexibility index (Phi) is 5.63. The first kappa shape index (κ1) is 14.6. The molecule has 0 aromatic heterocycles. The van der Waals surface area contributed by atoms with Crippen LogP contribution in [0.3, 0.4) is 0 Å². The minimum atomic E-state index is 0.0590. The molecule has 0 saturated carbocycles. The third kappa shape index (κ3) is 4.39. The lowest BCUT2D eigenvalue weighted by Gasteiger charge is -2.22. The maximum atomic E-state index is 6.16. The van der Waals surface area contributed by atoms with Crippen molar-refractivity contribution in [2.75, 3.05) is 13.7 Å². The van der Waals surface area contributed by atoms with Gasteiger partial charge in [0.1, 0.15) is 11.9 Å². The van der Waals surface area contributed by atoms with Crippen molar-refractivity contribution in [2.24, 2.45) is 5.92 Å². The van der Waals surface area contributed by atoms with Crippen LogP contribution >= 0.6 is 0 Å². The van der Waals surface area contributed by atoms with Gasteiger partial charge in [-0.05, 0) is 30.0 Å². The lowest BCUT2D eigenvalue weighted by molar-refractivity contribution is 0.114. The van der Waals surface area contributed by atoms with Gasteiger partial charge >= 0.3 is 0 Å². The Bertz CT molecular complexity index is 481. The van der Waals surface area contributed by atoms with Gasteiger partial charge in [0.25, 0.3) is 0 Å². The summed E-state index contributed by atoms with van der Waals surface area (Å²) in [6, 6.07) is 20.4. The topological polar surface area (TPSA) is 18.5 Å². The fourth-order valence-corrected chi connectivity index (χ4v) is 2.30. The van der Waals surface area contributed by atoms with Crippen LogP contribution in [-0.2, 0) is 4.74 Å². The summed E-state index contributed by atoms with van der Waals surface area (Å²) in [6.07, 6.45) is 0.996. The molecule has 2 unspecified atom stereocenters. The summed E-state index contributed by atoms with van der Waals surface area (Å²) in [5.74, 6) is 1.36. The molecular formula is C18H22O2. The second-order valence-corrected chi connectivity index (χ2v) is 5.13. The molecule has 0 bridgehead atoms. The number of ether oxygens (including phenoxy) is 2. The zero-order chi connectivity index (χ0) is 14.2. The van der Waals surface area contributed by atoms with E-state index in [1.807, 2.05) is 36.4 Å². The molecular weight excluding hydrogens is 248 g/mol. The SMILES string of the molecule is COCC(C)CC(Oc1ccccc1)c1ccccc1. The normalized spacial score (nSPS) is 13.7. The van der Waals surface area contributed by atoms with E-state index in [-0.39, 0.29) is 6.10 Å². The van der Waals surface area contributed by atoms with Crippen LogP contribution < -0.4 is 4.74 Å². The van der Waals surface area contributed by atoms with E-state index >= 15 is 0 Å². The average Bonchev–Trinajstić information content (AvgIpc) is 2.49. The maximum absolute atomic E-state index is 6.16. The predicted molar refractivity (Wildman–Crippen MR) is 81.9 cm³/mol. The molecule has 106 valence electrons. The standard InChI is InChI=1S/C18H22O2/c1-15(14-19-2)13-18(16-9-5-3-6-10-16)20-17-11-7-4-8-12-17/h3-12,15,18H,13-14H2,1-2H3. The smallest absolute Gasteiger partial charge is 0.124 e.